The zero-order valence-electron chi connectivity index (χ0n) is 17.6. The number of aromatic nitrogens is 2. The largest absolute Gasteiger partial charge is 0.326 e. The van der Waals surface area contributed by atoms with E-state index in [0.29, 0.717) is 33.8 Å². The molecule has 2 heterocycles. The Balaban J connectivity index is 1.72. The van der Waals surface area contributed by atoms with E-state index in [0.717, 1.165) is 11.1 Å². The van der Waals surface area contributed by atoms with Gasteiger partial charge < -0.3 is 9.72 Å². The van der Waals surface area contributed by atoms with Gasteiger partial charge in [0.25, 0.3) is 0 Å². The van der Waals surface area contributed by atoms with Crippen LogP contribution in [-0.4, -0.2) is 21.1 Å². The molecule has 0 fully saturated rings. The normalized spacial score (nSPS) is 11.0. The Bertz CT molecular complexity index is 1320. The maximum atomic E-state index is 13.8. The van der Waals surface area contributed by atoms with E-state index in [4.69, 9.17) is 4.98 Å². The molecule has 0 aliphatic heterocycles. The average Bonchev–Trinajstić information content (AvgIpc) is 3.07. The summed E-state index contributed by atoms with van der Waals surface area (Å²) in [4.78, 5) is 29.2. The van der Waals surface area contributed by atoms with E-state index >= 15 is 0 Å². The second-order valence-corrected chi connectivity index (χ2v) is 7.67. The topological polar surface area (TPSA) is 63.5 Å². The molecule has 0 aliphatic carbocycles. The summed E-state index contributed by atoms with van der Waals surface area (Å²) in [6, 6.07) is 15.5. The molecule has 2 aromatic heterocycles. The number of benzene rings is 2. The molecule has 4 rings (SSSR count). The smallest absolute Gasteiger partial charge is 0.230 e. The lowest BCUT2D eigenvalue weighted by Gasteiger charge is -2.09. The highest BCUT2D eigenvalue weighted by Crippen LogP contribution is 2.27. The second kappa shape index (κ2) is 8.14. The summed E-state index contributed by atoms with van der Waals surface area (Å²) >= 11 is 0. The van der Waals surface area contributed by atoms with Crippen molar-refractivity contribution in [2.24, 2.45) is 0 Å². The summed E-state index contributed by atoms with van der Waals surface area (Å²) in [5.41, 5.74) is 5.45. The van der Waals surface area contributed by atoms with Crippen molar-refractivity contribution in [3.63, 3.8) is 0 Å². The molecular weight excluding hydrogens is 393 g/mol. The molecule has 0 unspecified atom stereocenters. The molecule has 1 N–H and O–H groups in total. The van der Waals surface area contributed by atoms with Crippen LogP contribution in [0.5, 0.6) is 0 Å². The van der Waals surface area contributed by atoms with Gasteiger partial charge in [0, 0.05) is 23.0 Å². The van der Waals surface area contributed by atoms with Crippen LogP contribution in [0.4, 0.5) is 10.1 Å². The molecule has 0 radical (unpaired) electrons. The number of carbonyl (C=O) groups excluding carboxylic acids is 2. The number of hydrogen-bond acceptors (Lipinski definition) is 3. The SMILES string of the molecule is CC(=O)c1cccc(NC(=O)Cc2c(-c3ccc(F)c(C)c3)nc3ccc(C)cn23)c1. The number of ketones is 1. The van der Waals surface area contributed by atoms with Gasteiger partial charge in [0.2, 0.25) is 5.91 Å². The van der Waals surface area contributed by atoms with E-state index in [1.807, 2.05) is 29.7 Å². The summed E-state index contributed by atoms with van der Waals surface area (Å²) in [6.45, 7) is 5.16. The van der Waals surface area contributed by atoms with Gasteiger partial charge in [-0.25, -0.2) is 9.37 Å². The van der Waals surface area contributed by atoms with Crippen LogP contribution in [0.1, 0.15) is 34.1 Å². The fourth-order valence-corrected chi connectivity index (χ4v) is 3.56. The Labute approximate surface area is 179 Å². The van der Waals surface area contributed by atoms with E-state index in [1.165, 1.54) is 13.0 Å². The first-order valence-corrected chi connectivity index (χ1v) is 9.97. The minimum atomic E-state index is -0.284. The molecule has 1 amide bonds. The molecule has 4 aromatic rings. The first-order chi connectivity index (χ1) is 14.8. The van der Waals surface area contributed by atoms with Crippen molar-refractivity contribution in [2.75, 3.05) is 5.32 Å². The molecule has 6 heteroatoms. The summed E-state index contributed by atoms with van der Waals surface area (Å²) in [6.07, 6.45) is 2.00. The predicted molar refractivity (Wildman–Crippen MR) is 119 cm³/mol. The van der Waals surface area contributed by atoms with Gasteiger partial charge in [-0.05, 0) is 68.3 Å². The second-order valence-electron chi connectivity index (χ2n) is 7.67. The first-order valence-electron chi connectivity index (χ1n) is 9.97. The van der Waals surface area contributed by atoms with Crippen molar-refractivity contribution >= 4 is 23.0 Å². The van der Waals surface area contributed by atoms with Crippen molar-refractivity contribution in [3.8, 4) is 11.3 Å². The fourth-order valence-electron chi connectivity index (χ4n) is 3.56. The number of Topliss-reactive ketones (excluding diaryl/α,β-unsaturated/α-hetero) is 1. The third-order valence-corrected chi connectivity index (χ3v) is 5.18. The van der Waals surface area contributed by atoms with Crippen LogP contribution >= 0.6 is 0 Å². The predicted octanol–water partition coefficient (Wildman–Crippen LogP) is 5.14. The Morgan fingerprint density at radius 2 is 1.87 bits per heavy atom. The quantitative estimate of drug-likeness (QED) is 0.459. The highest BCUT2D eigenvalue weighted by molar-refractivity contribution is 5.97. The van der Waals surface area contributed by atoms with Crippen molar-refractivity contribution in [1.82, 2.24) is 9.38 Å². The van der Waals surface area contributed by atoms with E-state index in [1.54, 1.807) is 43.3 Å². The van der Waals surface area contributed by atoms with Crippen molar-refractivity contribution in [2.45, 2.75) is 27.2 Å². The molecule has 0 bridgehead atoms. The highest BCUT2D eigenvalue weighted by Gasteiger charge is 2.18. The molecule has 0 atom stereocenters. The van der Waals surface area contributed by atoms with E-state index in [9.17, 15) is 14.0 Å². The molecule has 2 aromatic carbocycles. The lowest BCUT2D eigenvalue weighted by Crippen LogP contribution is -2.16. The molecule has 5 nitrogen and oxygen atoms in total. The van der Waals surface area contributed by atoms with Gasteiger partial charge in [-0.15, -0.1) is 0 Å². The number of halogens is 1. The molecule has 0 saturated heterocycles. The molecule has 31 heavy (non-hydrogen) atoms. The number of nitrogens with one attached hydrogen (secondary N) is 1. The van der Waals surface area contributed by atoms with Gasteiger partial charge in [-0.3, -0.25) is 9.59 Å². The average molecular weight is 415 g/mol. The summed E-state index contributed by atoms with van der Waals surface area (Å²) < 4.78 is 15.7. The van der Waals surface area contributed by atoms with Crippen molar-refractivity contribution in [1.29, 1.82) is 0 Å². The summed E-state index contributed by atoms with van der Waals surface area (Å²) in [5.74, 6) is -0.584. The van der Waals surface area contributed by atoms with Gasteiger partial charge in [0.05, 0.1) is 17.8 Å². The van der Waals surface area contributed by atoms with Gasteiger partial charge in [0.15, 0.2) is 5.78 Å². The number of imidazole rings is 1. The molecular formula is C25H22FN3O2. The third-order valence-electron chi connectivity index (χ3n) is 5.18. The number of pyridine rings is 1. The summed E-state index contributed by atoms with van der Waals surface area (Å²) in [7, 11) is 0. The lowest BCUT2D eigenvalue weighted by molar-refractivity contribution is -0.115. The number of fused-ring (bicyclic) bond motifs is 1. The molecule has 156 valence electrons. The van der Waals surface area contributed by atoms with Crippen LogP contribution in [0.15, 0.2) is 60.8 Å². The van der Waals surface area contributed by atoms with E-state index in [2.05, 4.69) is 5.32 Å². The maximum absolute atomic E-state index is 13.8. The van der Waals surface area contributed by atoms with Crippen LogP contribution in [0.2, 0.25) is 0 Å². The Morgan fingerprint density at radius 1 is 1.06 bits per heavy atom. The monoisotopic (exact) mass is 415 g/mol. The summed E-state index contributed by atoms with van der Waals surface area (Å²) in [5, 5.41) is 2.86. The van der Waals surface area contributed by atoms with Crippen molar-refractivity contribution in [3.05, 3.63) is 89.0 Å². The minimum Gasteiger partial charge on any atom is -0.326 e. The number of aryl methyl sites for hydroxylation is 2. The fraction of sp³-hybridized carbons (Fsp3) is 0.160. The minimum absolute atomic E-state index is 0.0673. The number of nitrogens with zero attached hydrogens (tertiary/aromatic N) is 2. The first kappa shape index (κ1) is 20.5. The number of anilines is 1. The van der Waals surface area contributed by atoms with Gasteiger partial charge in [-0.1, -0.05) is 18.2 Å². The van der Waals surface area contributed by atoms with Gasteiger partial charge >= 0.3 is 0 Å². The van der Waals surface area contributed by atoms with Crippen LogP contribution in [0.25, 0.3) is 16.9 Å². The maximum Gasteiger partial charge on any atom is 0.230 e. The lowest BCUT2D eigenvalue weighted by atomic mass is 10.1. The van der Waals surface area contributed by atoms with Gasteiger partial charge in [-0.2, -0.15) is 0 Å². The Hall–Kier alpha value is -3.80. The van der Waals surface area contributed by atoms with Crippen LogP contribution in [0.3, 0.4) is 0 Å². The molecule has 0 aliphatic rings. The number of carbonyl (C=O) groups is 2. The number of rotatable bonds is 5. The van der Waals surface area contributed by atoms with Crippen LogP contribution < -0.4 is 5.32 Å². The number of amides is 1. The Morgan fingerprint density at radius 3 is 2.61 bits per heavy atom. The Kier molecular flexibility index (Phi) is 5.38. The van der Waals surface area contributed by atoms with E-state index < -0.39 is 0 Å². The highest BCUT2D eigenvalue weighted by atomic mass is 19.1. The van der Waals surface area contributed by atoms with Crippen molar-refractivity contribution < 1.29 is 14.0 Å². The zero-order valence-corrected chi connectivity index (χ0v) is 17.6. The van der Waals surface area contributed by atoms with Gasteiger partial charge in [0.1, 0.15) is 11.5 Å². The zero-order chi connectivity index (χ0) is 22.1. The van der Waals surface area contributed by atoms with E-state index in [-0.39, 0.29) is 23.9 Å². The molecule has 0 saturated carbocycles. The third kappa shape index (κ3) is 4.23. The number of hydrogen-bond donors (Lipinski definition) is 1. The standard InChI is InChI=1S/C25H22FN3O2/c1-15-7-10-23-28-25(19-8-9-21(26)16(2)11-19)22(29(23)14-15)13-24(31)27-20-6-4-5-18(12-20)17(3)30/h4-12,14H,13H2,1-3H3,(H,27,31). The van der Waals surface area contributed by atoms with Crippen LogP contribution in [0, 0.1) is 19.7 Å². The van der Waals surface area contributed by atoms with Crippen LogP contribution in [-0.2, 0) is 11.2 Å². The molecule has 0 spiro atoms.